The van der Waals surface area contributed by atoms with Gasteiger partial charge in [-0.15, -0.1) is 0 Å². The largest absolute Gasteiger partial charge is 0.373 e. The van der Waals surface area contributed by atoms with E-state index in [2.05, 4.69) is 15.3 Å². The highest BCUT2D eigenvalue weighted by Gasteiger charge is 2.21. The second-order valence-electron chi connectivity index (χ2n) is 6.03. The molecule has 0 unspecified atom stereocenters. The molecule has 0 saturated carbocycles. The molecule has 0 saturated heterocycles. The highest BCUT2D eigenvalue weighted by molar-refractivity contribution is 6.30. The van der Waals surface area contributed by atoms with Crippen molar-refractivity contribution in [2.75, 3.05) is 12.4 Å². The third-order valence-electron chi connectivity index (χ3n) is 3.19. The molecule has 0 amide bonds. The van der Waals surface area contributed by atoms with Gasteiger partial charge < -0.3 is 5.32 Å². The number of nitrogens with zero attached hydrogens (tertiary/aromatic N) is 2. The van der Waals surface area contributed by atoms with Crippen LogP contribution in [0.5, 0.6) is 0 Å². The summed E-state index contributed by atoms with van der Waals surface area (Å²) in [6, 6.07) is 4.43. The number of hydrogen-bond donors (Lipinski definition) is 1. The molecule has 21 heavy (non-hydrogen) atoms. The van der Waals surface area contributed by atoms with Gasteiger partial charge in [0.2, 0.25) is 0 Å². The van der Waals surface area contributed by atoms with Gasteiger partial charge >= 0.3 is 0 Å². The number of hydrogen-bond acceptors (Lipinski definition) is 3. The minimum Gasteiger partial charge on any atom is -0.373 e. The van der Waals surface area contributed by atoms with E-state index in [-0.39, 0.29) is 11.2 Å². The van der Waals surface area contributed by atoms with Crippen LogP contribution >= 0.6 is 11.6 Å². The maximum absolute atomic E-state index is 13.6. The third-order valence-corrected chi connectivity index (χ3v) is 3.41. The molecule has 0 bridgehead atoms. The van der Waals surface area contributed by atoms with Crippen molar-refractivity contribution in [1.29, 1.82) is 0 Å². The number of aromatic nitrogens is 2. The maximum Gasteiger partial charge on any atom is 0.136 e. The average Bonchev–Trinajstić information content (AvgIpc) is 2.36. The molecule has 2 rings (SSSR count). The van der Waals surface area contributed by atoms with Gasteiger partial charge in [-0.3, -0.25) is 0 Å². The molecule has 1 aromatic carbocycles. The Morgan fingerprint density at radius 1 is 1.14 bits per heavy atom. The molecule has 2 aromatic rings. The van der Waals surface area contributed by atoms with E-state index in [0.29, 0.717) is 22.1 Å². The fraction of sp³-hybridized carbons (Fsp3) is 0.375. The van der Waals surface area contributed by atoms with Gasteiger partial charge in [0.25, 0.3) is 0 Å². The Kier molecular flexibility index (Phi) is 4.19. The Hall–Kier alpha value is -1.68. The summed E-state index contributed by atoms with van der Waals surface area (Å²) in [6.45, 7) is 8.03. The van der Waals surface area contributed by atoms with Gasteiger partial charge in [-0.05, 0) is 25.1 Å². The lowest BCUT2D eigenvalue weighted by Crippen LogP contribution is -2.18. The van der Waals surface area contributed by atoms with Gasteiger partial charge in [0.05, 0.1) is 5.69 Å². The molecular weight excluding hydrogens is 289 g/mol. The molecule has 1 heterocycles. The van der Waals surface area contributed by atoms with E-state index in [1.54, 1.807) is 6.07 Å². The van der Waals surface area contributed by atoms with Crippen LogP contribution < -0.4 is 5.32 Å². The number of benzene rings is 1. The molecule has 0 aliphatic heterocycles. The molecule has 1 N–H and O–H groups in total. The SMILES string of the molecule is CNc1nc(C(C)(C)C)nc(-c2cc(F)cc(Cl)c2)c1C. The molecule has 3 nitrogen and oxygen atoms in total. The first-order valence-corrected chi connectivity index (χ1v) is 7.13. The Bertz CT molecular complexity index is 658. The van der Waals surface area contributed by atoms with Crippen molar-refractivity contribution in [3.05, 3.63) is 40.4 Å². The quantitative estimate of drug-likeness (QED) is 0.882. The molecule has 0 aliphatic rings. The van der Waals surface area contributed by atoms with Gasteiger partial charge in [0.15, 0.2) is 0 Å². The highest BCUT2D eigenvalue weighted by Crippen LogP contribution is 2.31. The zero-order chi connectivity index (χ0) is 15.8. The monoisotopic (exact) mass is 307 g/mol. The Balaban J connectivity index is 2.72. The maximum atomic E-state index is 13.6. The average molecular weight is 308 g/mol. The van der Waals surface area contributed by atoms with Crippen molar-refractivity contribution in [3.63, 3.8) is 0 Å². The molecule has 0 radical (unpaired) electrons. The summed E-state index contributed by atoms with van der Waals surface area (Å²) in [5, 5.41) is 3.42. The van der Waals surface area contributed by atoms with Crippen molar-refractivity contribution in [2.45, 2.75) is 33.1 Å². The zero-order valence-corrected chi connectivity index (χ0v) is 13.6. The molecule has 0 fully saturated rings. The standard InChI is InChI=1S/C16H19ClFN3/c1-9-13(10-6-11(17)8-12(18)7-10)20-15(16(2,3)4)21-14(9)19-5/h6-8H,1-5H3,(H,19,20,21). The number of rotatable bonds is 2. The molecular formula is C16H19ClFN3. The number of halogens is 2. The molecule has 112 valence electrons. The predicted octanol–water partition coefficient (Wildman–Crippen LogP) is 4.58. The van der Waals surface area contributed by atoms with Crippen LogP contribution in [-0.2, 0) is 5.41 Å². The lowest BCUT2D eigenvalue weighted by molar-refractivity contribution is 0.546. The van der Waals surface area contributed by atoms with Crippen LogP contribution in [0.2, 0.25) is 5.02 Å². The fourth-order valence-corrected chi connectivity index (χ4v) is 2.29. The van der Waals surface area contributed by atoms with E-state index in [0.717, 1.165) is 11.4 Å². The van der Waals surface area contributed by atoms with Crippen LogP contribution in [0.15, 0.2) is 18.2 Å². The number of nitrogens with one attached hydrogen (secondary N) is 1. The summed E-state index contributed by atoms with van der Waals surface area (Å²) in [5.74, 6) is 1.07. The van der Waals surface area contributed by atoms with Crippen LogP contribution in [0.3, 0.4) is 0 Å². The Morgan fingerprint density at radius 2 is 1.81 bits per heavy atom. The van der Waals surface area contributed by atoms with Crippen LogP contribution in [0, 0.1) is 12.7 Å². The minimum atomic E-state index is -0.376. The van der Waals surface area contributed by atoms with Gasteiger partial charge in [-0.2, -0.15) is 0 Å². The van der Waals surface area contributed by atoms with E-state index in [9.17, 15) is 4.39 Å². The van der Waals surface area contributed by atoms with Crippen molar-refractivity contribution >= 4 is 17.4 Å². The Morgan fingerprint density at radius 3 is 2.33 bits per heavy atom. The molecule has 0 spiro atoms. The minimum absolute atomic E-state index is 0.203. The van der Waals surface area contributed by atoms with Crippen LogP contribution in [0.25, 0.3) is 11.3 Å². The first-order valence-electron chi connectivity index (χ1n) is 6.75. The normalized spacial score (nSPS) is 11.6. The molecule has 1 aromatic heterocycles. The van der Waals surface area contributed by atoms with Gasteiger partial charge in [-0.1, -0.05) is 32.4 Å². The van der Waals surface area contributed by atoms with E-state index in [1.807, 2.05) is 34.7 Å². The summed E-state index contributed by atoms with van der Waals surface area (Å²) in [5.41, 5.74) is 2.01. The lowest BCUT2D eigenvalue weighted by Gasteiger charge is -2.20. The summed E-state index contributed by atoms with van der Waals surface area (Å²) in [4.78, 5) is 9.17. The lowest BCUT2D eigenvalue weighted by atomic mass is 9.95. The predicted molar refractivity (Wildman–Crippen MR) is 85.4 cm³/mol. The smallest absolute Gasteiger partial charge is 0.136 e. The van der Waals surface area contributed by atoms with Gasteiger partial charge in [0, 0.05) is 28.6 Å². The van der Waals surface area contributed by atoms with Gasteiger partial charge in [0.1, 0.15) is 17.5 Å². The second kappa shape index (κ2) is 5.60. The topological polar surface area (TPSA) is 37.8 Å². The molecule has 0 aliphatic carbocycles. The first kappa shape index (κ1) is 15.7. The summed E-state index contributed by atoms with van der Waals surface area (Å²) in [7, 11) is 1.81. The van der Waals surface area contributed by atoms with Crippen molar-refractivity contribution in [2.24, 2.45) is 0 Å². The summed E-state index contributed by atoms with van der Waals surface area (Å²) >= 11 is 5.96. The van der Waals surface area contributed by atoms with E-state index in [4.69, 9.17) is 11.6 Å². The van der Waals surface area contributed by atoms with Crippen LogP contribution in [-0.4, -0.2) is 17.0 Å². The van der Waals surface area contributed by atoms with E-state index < -0.39 is 0 Å². The van der Waals surface area contributed by atoms with Crippen LogP contribution in [0.1, 0.15) is 32.2 Å². The zero-order valence-electron chi connectivity index (χ0n) is 12.9. The fourth-order valence-electron chi connectivity index (χ4n) is 2.07. The summed E-state index contributed by atoms with van der Waals surface area (Å²) in [6.07, 6.45) is 0. The first-order chi connectivity index (χ1) is 9.72. The van der Waals surface area contributed by atoms with E-state index >= 15 is 0 Å². The van der Waals surface area contributed by atoms with Crippen LogP contribution in [0.4, 0.5) is 10.2 Å². The highest BCUT2D eigenvalue weighted by atomic mass is 35.5. The summed E-state index contributed by atoms with van der Waals surface area (Å²) < 4.78 is 13.6. The van der Waals surface area contributed by atoms with Crippen molar-refractivity contribution in [1.82, 2.24) is 9.97 Å². The molecule has 5 heteroatoms. The molecule has 0 atom stereocenters. The van der Waals surface area contributed by atoms with E-state index in [1.165, 1.54) is 12.1 Å². The van der Waals surface area contributed by atoms with Crippen molar-refractivity contribution in [3.8, 4) is 11.3 Å². The second-order valence-corrected chi connectivity index (χ2v) is 6.46. The van der Waals surface area contributed by atoms with Gasteiger partial charge in [-0.25, -0.2) is 14.4 Å². The number of anilines is 1. The Labute approximate surface area is 129 Å². The van der Waals surface area contributed by atoms with Crippen molar-refractivity contribution < 1.29 is 4.39 Å². The third kappa shape index (κ3) is 3.32.